The predicted molar refractivity (Wildman–Crippen MR) is 212 cm³/mol. The molecule has 0 radical (unpaired) electrons. The maximum Gasteiger partial charge on any atom is 0.229 e. The Bertz CT molecular complexity index is 1900. The SMILES string of the molecule is CCc1cc(Nc2ncc(Br)c(Nc3ccc(-c4ccc(C5CC5)nn4)cc3P(C)(C)=O)n2)c(OC)cc1N1CCC(N2CCN(C)CC2)CC1. The largest absolute Gasteiger partial charge is 0.494 e. The van der Waals surface area contributed by atoms with Crippen LogP contribution in [0.3, 0.4) is 0 Å². The number of anilines is 5. The summed E-state index contributed by atoms with van der Waals surface area (Å²) in [7, 11) is 1.23. The maximum atomic E-state index is 13.6. The Hall–Kier alpha value is -3.57. The molecule has 11 nitrogen and oxygen atoms in total. The summed E-state index contributed by atoms with van der Waals surface area (Å²) in [6.45, 7) is 12.5. The quantitative estimate of drug-likeness (QED) is 0.152. The van der Waals surface area contributed by atoms with Crippen LogP contribution in [0.4, 0.5) is 28.8 Å². The number of halogens is 1. The van der Waals surface area contributed by atoms with Crippen molar-refractivity contribution in [2.75, 3.05) is 82.3 Å². The smallest absolute Gasteiger partial charge is 0.229 e. The number of likely N-dealkylation sites (N-methyl/N-ethyl adjacent to an activating group) is 1. The number of methoxy groups -OCH3 is 1. The average molecular weight is 775 g/mol. The Morgan fingerprint density at radius 2 is 1.69 bits per heavy atom. The van der Waals surface area contributed by atoms with Gasteiger partial charge in [-0.05, 0) is 104 Å². The van der Waals surface area contributed by atoms with E-state index in [0.29, 0.717) is 39.2 Å². The summed E-state index contributed by atoms with van der Waals surface area (Å²) in [4.78, 5) is 17.0. The summed E-state index contributed by atoms with van der Waals surface area (Å²) in [5, 5.41) is 16.5. The van der Waals surface area contributed by atoms with E-state index >= 15 is 0 Å². The van der Waals surface area contributed by atoms with Gasteiger partial charge in [-0.25, -0.2) is 4.98 Å². The Kier molecular flexibility index (Phi) is 10.7. The Morgan fingerprint density at radius 3 is 2.33 bits per heavy atom. The molecule has 7 rings (SSSR count). The number of piperidine rings is 1. The number of rotatable bonds is 11. The van der Waals surface area contributed by atoms with Gasteiger partial charge in [-0.2, -0.15) is 15.2 Å². The molecule has 2 aromatic heterocycles. The molecule has 2 N–H and O–H groups in total. The first-order chi connectivity index (χ1) is 24.6. The van der Waals surface area contributed by atoms with Crippen molar-refractivity contribution in [3.63, 3.8) is 0 Å². The van der Waals surface area contributed by atoms with Gasteiger partial charge in [0, 0.05) is 80.0 Å². The van der Waals surface area contributed by atoms with Crippen molar-refractivity contribution in [3.8, 4) is 17.0 Å². The molecule has 51 heavy (non-hydrogen) atoms. The normalized spacial score (nSPS) is 17.8. The van der Waals surface area contributed by atoms with Gasteiger partial charge in [0.2, 0.25) is 5.95 Å². The van der Waals surface area contributed by atoms with Crippen molar-refractivity contribution < 1.29 is 9.30 Å². The zero-order valence-electron chi connectivity index (χ0n) is 30.3. The minimum absolute atomic E-state index is 0.419. The van der Waals surface area contributed by atoms with Crippen LogP contribution in [0.2, 0.25) is 0 Å². The second-order valence-corrected chi connectivity index (χ2v) is 18.5. The van der Waals surface area contributed by atoms with Gasteiger partial charge in [-0.15, -0.1) is 0 Å². The van der Waals surface area contributed by atoms with E-state index in [4.69, 9.17) is 9.72 Å². The molecule has 0 spiro atoms. The fraction of sp³-hybridized carbons (Fsp3) is 0.474. The minimum Gasteiger partial charge on any atom is -0.494 e. The second-order valence-electron chi connectivity index (χ2n) is 14.4. The lowest BCUT2D eigenvalue weighted by molar-refractivity contribution is 0.0982. The molecule has 1 saturated carbocycles. The molecule has 3 aliphatic rings. The number of ether oxygens (including phenoxy) is 1. The number of hydrogen-bond acceptors (Lipinski definition) is 11. The number of piperazine rings is 1. The molecule has 0 bridgehead atoms. The van der Waals surface area contributed by atoms with E-state index < -0.39 is 7.14 Å². The molecule has 0 unspecified atom stereocenters. The summed E-state index contributed by atoms with van der Waals surface area (Å²) < 4.78 is 20.2. The monoisotopic (exact) mass is 773 g/mol. The molecular formula is C38H49BrN9O2P. The molecule has 2 saturated heterocycles. The zero-order chi connectivity index (χ0) is 35.7. The highest BCUT2D eigenvalue weighted by Crippen LogP contribution is 2.42. The maximum absolute atomic E-state index is 13.6. The number of aromatic nitrogens is 4. The fourth-order valence-corrected chi connectivity index (χ4v) is 8.67. The molecular weight excluding hydrogens is 725 g/mol. The van der Waals surface area contributed by atoms with Gasteiger partial charge < -0.3 is 29.7 Å². The first-order valence-corrected chi connectivity index (χ1v) is 21.5. The first-order valence-electron chi connectivity index (χ1n) is 18.1. The van der Waals surface area contributed by atoms with Gasteiger partial charge in [0.25, 0.3) is 0 Å². The van der Waals surface area contributed by atoms with E-state index in [1.807, 2.05) is 24.3 Å². The van der Waals surface area contributed by atoms with Crippen LogP contribution in [0.25, 0.3) is 11.3 Å². The van der Waals surface area contributed by atoms with E-state index in [1.165, 1.54) is 50.0 Å². The van der Waals surface area contributed by atoms with E-state index in [-0.39, 0.29) is 0 Å². The van der Waals surface area contributed by atoms with Crippen molar-refractivity contribution in [2.24, 2.45) is 0 Å². The van der Waals surface area contributed by atoms with Gasteiger partial charge in [0.15, 0.2) is 0 Å². The third kappa shape index (κ3) is 8.25. The number of benzene rings is 2. The summed E-state index contributed by atoms with van der Waals surface area (Å²) in [5.74, 6) is 2.26. The van der Waals surface area contributed by atoms with E-state index in [9.17, 15) is 4.57 Å². The number of aryl methyl sites for hydroxylation is 1. The van der Waals surface area contributed by atoms with Crippen molar-refractivity contribution in [3.05, 3.63) is 64.4 Å². The Balaban J connectivity index is 1.09. The van der Waals surface area contributed by atoms with Gasteiger partial charge >= 0.3 is 0 Å². The highest BCUT2D eigenvalue weighted by Gasteiger charge is 2.29. The molecule has 2 aromatic carbocycles. The molecule has 3 fully saturated rings. The lowest BCUT2D eigenvalue weighted by Gasteiger charge is -2.43. The van der Waals surface area contributed by atoms with Crippen LogP contribution in [0.5, 0.6) is 5.75 Å². The number of nitrogens with one attached hydrogen (secondary N) is 2. The van der Waals surface area contributed by atoms with Crippen molar-refractivity contribution >= 4 is 57.2 Å². The topological polar surface area (TPSA) is 112 Å². The third-order valence-corrected chi connectivity index (χ3v) is 12.5. The predicted octanol–water partition coefficient (Wildman–Crippen LogP) is 7.10. The lowest BCUT2D eigenvalue weighted by atomic mass is 9.99. The van der Waals surface area contributed by atoms with E-state index in [2.05, 4.69) is 88.6 Å². The van der Waals surface area contributed by atoms with Gasteiger partial charge in [-0.3, -0.25) is 4.90 Å². The Labute approximate surface area is 310 Å². The van der Waals surface area contributed by atoms with Crippen molar-refractivity contribution in [1.29, 1.82) is 0 Å². The van der Waals surface area contributed by atoms with Gasteiger partial charge in [0.05, 0.1) is 34.3 Å². The number of hydrogen-bond donors (Lipinski definition) is 2. The third-order valence-electron chi connectivity index (χ3n) is 10.4. The molecule has 1 aliphatic carbocycles. The highest BCUT2D eigenvalue weighted by molar-refractivity contribution is 9.10. The zero-order valence-corrected chi connectivity index (χ0v) is 32.8. The van der Waals surface area contributed by atoms with Crippen LogP contribution in [0.15, 0.2) is 53.1 Å². The average Bonchev–Trinajstić information content (AvgIpc) is 3.99. The van der Waals surface area contributed by atoms with Gasteiger partial charge in [0.1, 0.15) is 18.7 Å². The van der Waals surface area contributed by atoms with Gasteiger partial charge in [-0.1, -0.05) is 13.0 Å². The minimum atomic E-state index is -2.70. The van der Waals surface area contributed by atoms with Crippen molar-refractivity contribution in [2.45, 2.75) is 51.0 Å². The van der Waals surface area contributed by atoms with E-state index in [0.717, 1.165) is 61.0 Å². The second kappa shape index (κ2) is 15.2. The summed E-state index contributed by atoms with van der Waals surface area (Å²) in [6.07, 6.45) is 7.32. The lowest BCUT2D eigenvalue weighted by Crippen LogP contribution is -2.52. The Morgan fingerprint density at radius 1 is 0.922 bits per heavy atom. The van der Waals surface area contributed by atoms with Crippen LogP contribution >= 0.6 is 23.1 Å². The molecule has 0 amide bonds. The standard InChI is InChI=1S/C38H49BrN9O2P/c1-6-25-21-33(35(50-3)23-34(25)48-15-13-28(14-16-48)47-19-17-46(2)18-20-47)42-38-40-24-29(39)37(43-38)41-32-10-9-27(22-36(32)51(4,5)49)31-12-11-30(44-45-31)26-7-8-26/h9-12,21-24,26,28H,6-8,13-20H2,1-5H3,(H2,40,41,42,43). The molecule has 4 heterocycles. The molecule has 270 valence electrons. The molecule has 0 atom stereocenters. The summed E-state index contributed by atoms with van der Waals surface area (Å²) in [6, 6.07) is 14.9. The van der Waals surface area contributed by atoms with E-state index in [1.54, 1.807) is 26.6 Å². The number of nitrogens with zero attached hydrogens (tertiary/aromatic N) is 7. The summed E-state index contributed by atoms with van der Waals surface area (Å²) in [5.41, 5.74) is 6.70. The molecule has 13 heteroatoms. The summed E-state index contributed by atoms with van der Waals surface area (Å²) >= 11 is 3.62. The molecule has 4 aromatic rings. The van der Waals surface area contributed by atoms with Crippen LogP contribution < -0.4 is 25.6 Å². The van der Waals surface area contributed by atoms with Crippen molar-refractivity contribution in [1.82, 2.24) is 30.0 Å². The van der Waals surface area contributed by atoms with Crippen LogP contribution in [-0.2, 0) is 11.0 Å². The fourth-order valence-electron chi connectivity index (χ4n) is 7.22. The van der Waals surface area contributed by atoms with Crippen LogP contribution in [0.1, 0.15) is 49.8 Å². The first kappa shape index (κ1) is 35.8. The highest BCUT2D eigenvalue weighted by atomic mass is 79.9. The van der Waals surface area contributed by atoms with Crippen LogP contribution in [0, 0.1) is 0 Å². The molecule has 2 aliphatic heterocycles. The van der Waals surface area contributed by atoms with Crippen LogP contribution in [-0.4, -0.2) is 103 Å².